The molecule has 0 aromatic heterocycles. The molecule has 0 radical (unpaired) electrons. The van der Waals surface area contributed by atoms with E-state index in [1.54, 1.807) is 0 Å². The lowest BCUT2D eigenvalue weighted by Gasteiger charge is -2.16. The van der Waals surface area contributed by atoms with Crippen molar-refractivity contribution in [2.75, 3.05) is 16.6 Å². The summed E-state index contributed by atoms with van der Waals surface area (Å²) in [6, 6.07) is 7.60. The molecule has 16 heavy (non-hydrogen) atoms. The van der Waals surface area contributed by atoms with Gasteiger partial charge in [-0.1, -0.05) is 26.0 Å². The van der Waals surface area contributed by atoms with Crippen molar-refractivity contribution in [2.24, 2.45) is 0 Å². The van der Waals surface area contributed by atoms with Gasteiger partial charge in [-0.05, 0) is 31.0 Å². The lowest BCUT2D eigenvalue weighted by molar-refractivity contribution is 0.599. The van der Waals surface area contributed by atoms with Crippen LogP contribution in [0.1, 0.15) is 25.8 Å². The van der Waals surface area contributed by atoms with Gasteiger partial charge in [0, 0.05) is 6.54 Å². The predicted octanol–water partition coefficient (Wildman–Crippen LogP) is 2.56. The van der Waals surface area contributed by atoms with E-state index in [1.807, 2.05) is 45.0 Å². The standard InChI is InChI=1S/C10H13NO2S.C2H6/c1-9-4-2-5-10(8-9)11-6-3-7-14(11,12)13;1-2/h2,4-5,8H,3,6-7H2,1H3;1-2H3. The van der Waals surface area contributed by atoms with Crippen molar-refractivity contribution in [3.8, 4) is 0 Å². The number of nitrogens with zero attached hydrogens (tertiary/aromatic N) is 1. The minimum Gasteiger partial charge on any atom is -0.270 e. The van der Waals surface area contributed by atoms with E-state index in [4.69, 9.17) is 0 Å². The molecule has 1 heterocycles. The van der Waals surface area contributed by atoms with Gasteiger partial charge in [-0.2, -0.15) is 0 Å². The van der Waals surface area contributed by atoms with Crippen LogP contribution < -0.4 is 4.31 Å². The van der Waals surface area contributed by atoms with Crippen LogP contribution in [0, 0.1) is 6.92 Å². The van der Waals surface area contributed by atoms with Crippen molar-refractivity contribution >= 4 is 15.7 Å². The zero-order valence-corrected chi connectivity index (χ0v) is 10.9. The summed E-state index contributed by atoms with van der Waals surface area (Å²) >= 11 is 0. The Balaban J connectivity index is 0.000000606. The highest BCUT2D eigenvalue weighted by Crippen LogP contribution is 2.24. The molecular formula is C12H19NO2S. The highest BCUT2D eigenvalue weighted by Gasteiger charge is 2.28. The first-order valence-electron chi connectivity index (χ1n) is 5.67. The molecule has 0 atom stereocenters. The molecular weight excluding hydrogens is 222 g/mol. The fourth-order valence-corrected chi connectivity index (χ4v) is 3.27. The van der Waals surface area contributed by atoms with E-state index >= 15 is 0 Å². The van der Waals surface area contributed by atoms with E-state index in [9.17, 15) is 8.42 Å². The van der Waals surface area contributed by atoms with Crippen LogP contribution in [0.15, 0.2) is 24.3 Å². The van der Waals surface area contributed by atoms with Crippen molar-refractivity contribution in [3.05, 3.63) is 29.8 Å². The Hall–Kier alpha value is -1.03. The van der Waals surface area contributed by atoms with Gasteiger partial charge in [-0.3, -0.25) is 4.31 Å². The first-order valence-corrected chi connectivity index (χ1v) is 7.27. The number of rotatable bonds is 1. The third-order valence-corrected chi connectivity index (χ3v) is 4.26. The van der Waals surface area contributed by atoms with E-state index in [0.29, 0.717) is 6.54 Å². The molecule has 1 fully saturated rings. The van der Waals surface area contributed by atoms with Crippen LogP contribution in [0.4, 0.5) is 5.69 Å². The van der Waals surface area contributed by atoms with Crippen molar-refractivity contribution in [1.82, 2.24) is 0 Å². The summed E-state index contributed by atoms with van der Waals surface area (Å²) in [5.74, 6) is 0.279. The summed E-state index contributed by atoms with van der Waals surface area (Å²) in [6.45, 7) is 6.58. The minimum atomic E-state index is -3.02. The smallest absolute Gasteiger partial charge is 0.235 e. The summed E-state index contributed by atoms with van der Waals surface area (Å²) in [6.07, 6.45) is 0.732. The number of hydrogen-bond acceptors (Lipinski definition) is 2. The molecule has 0 amide bonds. The number of aryl methyl sites for hydroxylation is 1. The van der Waals surface area contributed by atoms with E-state index in [2.05, 4.69) is 0 Å². The molecule has 1 saturated heterocycles. The van der Waals surface area contributed by atoms with Crippen molar-refractivity contribution < 1.29 is 8.42 Å². The van der Waals surface area contributed by atoms with Crippen molar-refractivity contribution in [2.45, 2.75) is 27.2 Å². The third-order valence-electron chi connectivity index (χ3n) is 2.39. The number of hydrogen-bond donors (Lipinski definition) is 0. The van der Waals surface area contributed by atoms with E-state index in [-0.39, 0.29) is 5.75 Å². The van der Waals surface area contributed by atoms with Gasteiger partial charge in [-0.15, -0.1) is 0 Å². The Kier molecular flexibility index (Phi) is 4.35. The minimum absolute atomic E-state index is 0.279. The molecule has 0 saturated carbocycles. The molecule has 0 unspecified atom stereocenters. The van der Waals surface area contributed by atoms with Gasteiger partial charge in [0.05, 0.1) is 11.4 Å². The van der Waals surface area contributed by atoms with Gasteiger partial charge in [-0.25, -0.2) is 8.42 Å². The van der Waals surface area contributed by atoms with Gasteiger partial charge in [0.1, 0.15) is 0 Å². The maximum absolute atomic E-state index is 11.6. The normalized spacial score (nSPS) is 17.8. The summed E-state index contributed by atoms with van der Waals surface area (Å²) in [5.41, 5.74) is 1.88. The fraction of sp³-hybridized carbons (Fsp3) is 0.500. The van der Waals surface area contributed by atoms with Crippen LogP contribution >= 0.6 is 0 Å². The molecule has 1 aromatic carbocycles. The van der Waals surface area contributed by atoms with E-state index in [0.717, 1.165) is 17.7 Å². The fourth-order valence-electron chi connectivity index (χ4n) is 1.71. The highest BCUT2D eigenvalue weighted by molar-refractivity contribution is 7.93. The van der Waals surface area contributed by atoms with Crippen LogP contribution in [-0.2, 0) is 10.0 Å². The van der Waals surface area contributed by atoms with Crippen LogP contribution in [0.3, 0.4) is 0 Å². The van der Waals surface area contributed by atoms with Gasteiger partial charge < -0.3 is 0 Å². The zero-order chi connectivity index (χ0) is 12.2. The van der Waals surface area contributed by atoms with Gasteiger partial charge in [0.15, 0.2) is 0 Å². The second-order valence-electron chi connectivity index (χ2n) is 3.58. The van der Waals surface area contributed by atoms with Crippen LogP contribution in [0.2, 0.25) is 0 Å². The van der Waals surface area contributed by atoms with E-state index in [1.165, 1.54) is 4.31 Å². The molecule has 0 aliphatic carbocycles. The number of sulfonamides is 1. The lowest BCUT2D eigenvalue weighted by atomic mass is 10.2. The number of benzene rings is 1. The summed E-state index contributed by atoms with van der Waals surface area (Å²) in [4.78, 5) is 0. The van der Waals surface area contributed by atoms with Crippen molar-refractivity contribution in [3.63, 3.8) is 0 Å². The first-order chi connectivity index (χ1) is 7.59. The third kappa shape index (κ3) is 2.76. The Morgan fingerprint density at radius 2 is 1.94 bits per heavy atom. The zero-order valence-electron chi connectivity index (χ0n) is 10.1. The Bertz CT molecular complexity index is 440. The van der Waals surface area contributed by atoms with Gasteiger partial charge in [0.25, 0.3) is 0 Å². The molecule has 0 N–H and O–H groups in total. The van der Waals surface area contributed by atoms with Crippen molar-refractivity contribution in [1.29, 1.82) is 0 Å². The molecule has 2 rings (SSSR count). The lowest BCUT2D eigenvalue weighted by Crippen LogP contribution is -2.24. The molecule has 1 aliphatic heterocycles. The van der Waals surface area contributed by atoms with E-state index < -0.39 is 10.0 Å². The molecule has 1 aliphatic rings. The van der Waals surface area contributed by atoms with Gasteiger partial charge >= 0.3 is 0 Å². The van der Waals surface area contributed by atoms with Gasteiger partial charge in [0.2, 0.25) is 10.0 Å². The molecule has 4 heteroatoms. The summed E-state index contributed by atoms with van der Waals surface area (Å²) < 4.78 is 24.7. The maximum Gasteiger partial charge on any atom is 0.235 e. The SMILES string of the molecule is CC.Cc1cccc(N2CCCS2(=O)=O)c1. The Morgan fingerprint density at radius 1 is 1.25 bits per heavy atom. The van der Waals surface area contributed by atoms with Crippen LogP contribution in [0.25, 0.3) is 0 Å². The second kappa shape index (κ2) is 5.34. The molecule has 90 valence electrons. The van der Waals surface area contributed by atoms with Crippen LogP contribution in [-0.4, -0.2) is 20.7 Å². The second-order valence-corrected chi connectivity index (χ2v) is 5.59. The average Bonchev–Trinajstić information content (AvgIpc) is 2.61. The van der Waals surface area contributed by atoms with Crippen LogP contribution in [0.5, 0.6) is 0 Å². The number of anilines is 1. The molecule has 1 aromatic rings. The largest absolute Gasteiger partial charge is 0.270 e. The molecule has 0 bridgehead atoms. The Morgan fingerprint density at radius 3 is 2.44 bits per heavy atom. The summed E-state index contributed by atoms with van der Waals surface area (Å²) in [5, 5.41) is 0. The maximum atomic E-state index is 11.6. The highest BCUT2D eigenvalue weighted by atomic mass is 32.2. The average molecular weight is 241 g/mol. The molecule has 0 spiro atoms. The Labute approximate surface area is 98.1 Å². The molecule has 3 nitrogen and oxygen atoms in total. The first kappa shape index (κ1) is 13.0. The summed E-state index contributed by atoms with van der Waals surface area (Å²) in [7, 11) is -3.02. The monoisotopic (exact) mass is 241 g/mol. The topological polar surface area (TPSA) is 37.4 Å². The predicted molar refractivity (Wildman–Crippen MR) is 68.3 cm³/mol. The quantitative estimate of drug-likeness (QED) is 0.757.